The Labute approximate surface area is 188 Å². The van der Waals surface area contributed by atoms with Crippen LogP contribution >= 0.6 is 0 Å². The van der Waals surface area contributed by atoms with Crippen molar-refractivity contribution in [2.75, 3.05) is 0 Å². The van der Waals surface area contributed by atoms with Crippen LogP contribution in [0.25, 0.3) is 0 Å². The molecule has 0 aromatic heterocycles. The minimum Gasteiger partial charge on any atom is -0.481 e. The van der Waals surface area contributed by atoms with Crippen LogP contribution < -0.4 is 27.4 Å². The standard InChI is InChI=1S/C20H27N5O8/c1-10(21)17(29)23-13(8-15(22)26)19(31)24-12(7-11-5-3-2-4-6-11)18(30)25-14(20(32)33)9-16(27)28/h2-6,10,12-14H,7-9,21H2,1H3,(H2,22,26)(H,23,29)(H,24,31)(H,25,30)(H,27,28)(H,32,33). The highest BCUT2D eigenvalue weighted by Gasteiger charge is 2.31. The Balaban J connectivity index is 3.12. The number of primary amides is 1. The van der Waals surface area contributed by atoms with Crippen LogP contribution in [-0.4, -0.2) is 69.9 Å². The first-order valence-corrected chi connectivity index (χ1v) is 9.84. The fourth-order valence-corrected chi connectivity index (χ4v) is 2.69. The molecule has 0 fully saturated rings. The molecule has 180 valence electrons. The summed E-state index contributed by atoms with van der Waals surface area (Å²) in [6.45, 7) is 1.36. The Morgan fingerprint density at radius 1 is 0.818 bits per heavy atom. The van der Waals surface area contributed by atoms with Gasteiger partial charge in [0.15, 0.2) is 0 Å². The number of benzene rings is 1. The zero-order valence-corrected chi connectivity index (χ0v) is 17.8. The summed E-state index contributed by atoms with van der Waals surface area (Å²) in [5, 5.41) is 24.8. The minimum absolute atomic E-state index is 0.0949. The molecule has 1 rings (SSSR count). The predicted molar refractivity (Wildman–Crippen MR) is 113 cm³/mol. The monoisotopic (exact) mass is 465 g/mol. The third kappa shape index (κ3) is 9.78. The van der Waals surface area contributed by atoms with Gasteiger partial charge in [0, 0.05) is 6.42 Å². The zero-order valence-electron chi connectivity index (χ0n) is 17.8. The largest absolute Gasteiger partial charge is 0.481 e. The lowest BCUT2D eigenvalue weighted by Gasteiger charge is -2.24. The van der Waals surface area contributed by atoms with Crippen molar-refractivity contribution in [2.45, 2.75) is 50.4 Å². The average molecular weight is 465 g/mol. The number of hydrogen-bond donors (Lipinski definition) is 7. The maximum atomic E-state index is 12.8. The summed E-state index contributed by atoms with van der Waals surface area (Å²) in [4.78, 5) is 71.0. The van der Waals surface area contributed by atoms with Gasteiger partial charge < -0.3 is 37.6 Å². The molecule has 4 unspecified atom stereocenters. The van der Waals surface area contributed by atoms with Gasteiger partial charge >= 0.3 is 11.9 Å². The summed E-state index contributed by atoms with van der Waals surface area (Å²) >= 11 is 0. The molecule has 0 radical (unpaired) electrons. The average Bonchev–Trinajstić information content (AvgIpc) is 2.72. The molecule has 0 saturated carbocycles. The van der Waals surface area contributed by atoms with Crippen LogP contribution in [0.2, 0.25) is 0 Å². The molecule has 1 aromatic rings. The number of carboxylic acids is 2. The minimum atomic E-state index is -1.75. The zero-order chi connectivity index (χ0) is 25.1. The van der Waals surface area contributed by atoms with Gasteiger partial charge in [-0.25, -0.2) is 4.79 Å². The first kappa shape index (κ1) is 27.0. The number of carbonyl (C=O) groups is 6. The van der Waals surface area contributed by atoms with E-state index in [-0.39, 0.29) is 6.42 Å². The van der Waals surface area contributed by atoms with Gasteiger partial charge in [-0.1, -0.05) is 30.3 Å². The van der Waals surface area contributed by atoms with E-state index in [0.717, 1.165) is 0 Å². The van der Waals surface area contributed by atoms with Crippen LogP contribution in [-0.2, 0) is 35.2 Å². The summed E-state index contributed by atoms with van der Waals surface area (Å²) in [5.41, 5.74) is 11.2. The third-order valence-corrected chi connectivity index (χ3v) is 4.36. The van der Waals surface area contributed by atoms with Crippen LogP contribution in [0.15, 0.2) is 30.3 Å². The smallest absolute Gasteiger partial charge is 0.326 e. The topological polar surface area (TPSA) is 231 Å². The molecule has 4 atom stereocenters. The molecule has 4 amide bonds. The fraction of sp³-hybridized carbons (Fsp3) is 0.400. The third-order valence-electron chi connectivity index (χ3n) is 4.36. The van der Waals surface area contributed by atoms with E-state index in [1.165, 1.54) is 6.92 Å². The van der Waals surface area contributed by atoms with E-state index >= 15 is 0 Å². The van der Waals surface area contributed by atoms with Crippen molar-refractivity contribution in [3.05, 3.63) is 35.9 Å². The molecular formula is C20H27N5O8. The second-order valence-corrected chi connectivity index (χ2v) is 7.27. The molecule has 33 heavy (non-hydrogen) atoms. The Kier molecular flexibility index (Phi) is 10.5. The lowest BCUT2D eigenvalue weighted by atomic mass is 10.0. The summed E-state index contributed by atoms with van der Waals surface area (Å²) in [6.07, 6.45) is -1.56. The molecule has 1 aromatic carbocycles. The molecular weight excluding hydrogens is 438 g/mol. The van der Waals surface area contributed by atoms with E-state index < -0.39 is 72.6 Å². The number of carboxylic acid groups (broad SMARTS) is 2. The van der Waals surface area contributed by atoms with Crippen molar-refractivity contribution < 1.29 is 39.0 Å². The van der Waals surface area contributed by atoms with Gasteiger partial charge in [-0.2, -0.15) is 0 Å². The van der Waals surface area contributed by atoms with Crippen LogP contribution in [0.1, 0.15) is 25.3 Å². The van der Waals surface area contributed by atoms with Gasteiger partial charge in [-0.05, 0) is 12.5 Å². The summed E-state index contributed by atoms with van der Waals surface area (Å²) in [5.74, 6) is -6.59. The highest BCUT2D eigenvalue weighted by Crippen LogP contribution is 2.06. The van der Waals surface area contributed by atoms with Crippen molar-refractivity contribution in [1.29, 1.82) is 0 Å². The molecule has 0 aliphatic rings. The summed E-state index contributed by atoms with van der Waals surface area (Å²) in [6, 6.07) is 2.82. The predicted octanol–water partition coefficient (Wildman–Crippen LogP) is -2.53. The van der Waals surface area contributed by atoms with Crippen molar-refractivity contribution in [1.82, 2.24) is 16.0 Å². The van der Waals surface area contributed by atoms with Crippen LogP contribution in [0.4, 0.5) is 0 Å². The van der Waals surface area contributed by atoms with E-state index in [1.54, 1.807) is 30.3 Å². The molecule has 13 heteroatoms. The lowest BCUT2D eigenvalue weighted by Crippen LogP contribution is -2.58. The van der Waals surface area contributed by atoms with Crippen LogP contribution in [0, 0.1) is 0 Å². The Hall–Kier alpha value is -4.00. The molecule has 0 bridgehead atoms. The second-order valence-electron chi connectivity index (χ2n) is 7.27. The van der Waals surface area contributed by atoms with Gasteiger partial charge in [0.05, 0.1) is 18.9 Å². The van der Waals surface area contributed by atoms with E-state index in [0.29, 0.717) is 5.56 Å². The van der Waals surface area contributed by atoms with E-state index in [4.69, 9.17) is 16.6 Å². The summed E-state index contributed by atoms with van der Waals surface area (Å²) < 4.78 is 0. The quantitative estimate of drug-likeness (QED) is 0.162. The Morgan fingerprint density at radius 3 is 1.82 bits per heavy atom. The van der Waals surface area contributed by atoms with Crippen molar-refractivity contribution in [3.63, 3.8) is 0 Å². The molecule has 0 aliphatic carbocycles. The van der Waals surface area contributed by atoms with Crippen molar-refractivity contribution >= 4 is 35.6 Å². The molecule has 0 heterocycles. The second kappa shape index (κ2) is 12.8. The van der Waals surface area contributed by atoms with E-state index in [9.17, 15) is 33.9 Å². The highest BCUT2D eigenvalue weighted by molar-refractivity contribution is 5.96. The molecule has 13 nitrogen and oxygen atoms in total. The Bertz CT molecular complexity index is 890. The van der Waals surface area contributed by atoms with Gasteiger partial charge in [-0.3, -0.25) is 24.0 Å². The Morgan fingerprint density at radius 2 is 1.33 bits per heavy atom. The number of nitrogens with two attached hydrogens (primary N) is 2. The number of hydrogen-bond acceptors (Lipinski definition) is 7. The van der Waals surface area contributed by atoms with Gasteiger partial charge in [0.25, 0.3) is 0 Å². The normalized spacial score (nSPS) is 14.1. The first-order valence-electron chi connectivity index (χ1n) is 9.84. The number of rotatable bonds is 13. The lowest BCUT2D eigenvalue weighted by molar-refractivity contribution is -0.147. The van der Waals surface area contributed by atoms with Gasteiger partial charge in [-0.15, -0.1) is 0 Å². The number of aliphatic carboxylic acids is 2. The van der Waals surface area contributed by atoms with Gasteiger partial charge in [0.1, 0.15) is 18.1 Å². The van der Waals surface area contributed by atoms with E-state index in [2.05, 4.69) is 16.0 Å². The van der Waals surface area contributed by atoms with Gasteiger partial charge in [0.2, 0.25) is 23.6 Å². The molecule has 9 N–H and O–H groups in total. The van der Waals surface area contributed by atoms with Crippen molar-refractivity contribution in [2.24, 2.45) is 11.5 Å². The molecule has 0 aliphatic heterocycles. The number of nitrogens with one attached hydrogen (secondary N) is 3. The maximum Gasteiger partial charge on any atom is 0.326 e. The highest BCUT2D eigenvalue weighted by atomic mass is 16.4. The molecule has 0 spiro atoms. The first-order chi connectivity index (χ1) is 15.4. The SMILES string of the molecule is CC(N)C(=O)NC(CC(N)=O)C(=O)NC(Cc1ccccc1)C(=O)NC(CC(=O)O)C(=O)O. The van der Waals surface area contributed by atoms with Crippen LogP contribution in [0.5, 0.6) is 0 Å². The fourth-order valence-electron chi connectivity index (χ4n) is 2.69. The maximum absolute atomic E-state index is 12.8. The van der Waals surface area contributed by atoms with E-state index in [1.807, 2.05) is 0 Å². The summed E-state index contributed by atoms with van der Waals surface area (Å²) in [7, 11) is 0. The van der Waals surface area contributed by atoms with Crippen molar-refractivity contribution in [3.8, 4) is 0 Å². The number of carbonyl (C=O) groups excluding carboxylic acids is 4. The molecule has 0 saturated heterocycles. The van der Waals surface area contributed by atoms with Crippen LogP contribution in [0.3, 0.4) is 0 Å². The number of amides is 4.